The molecular formula is C64H105NO7P+. The van der Waals surface area contributed by atoms with Crippen LogP contribution in [-0.4, -0.2) is 75.6 Å². The third kappa shape index (κ3) is 58.9. The summed E-state index contributed by atoms with van der Waals surface area (Å²) in [6, 6.07) is 0. The Morgan fingerprint density at radius 3 is 1.12 bits per heavy atom. The molecule has 2 atom stereocenters. The van der Waals surface area contributed by atoms with Crippen molar-refractivity contribution in [1.82, 2.24) is 0 Å². The Kier molecular flexibility index (Phi) is 51.5. The van der Waals surface area contributed by atoms with E-state index in [9.17, 15) is 14.3 Å². The molecule has 0 saturated carbocycles. The highest BCUT2D eigenvalue weighted by molar-refractivity contribution is 7.47. The number of nitrogens with zero attached hydrogens (tertiary/aromatic N) is 1. The lowest BCUT2D eigenvalue weighted by Gasteiger charge is -2.24. The number of quaternary nitrogens is 1. The summed E-state index contributed by atoms with van der Waals surface area (Å²) >= 11 is 0. The molecule has 0 fully saturated rings. The van der Waals surface area contributed by atoms with Crippen molar-refractivity contribution in [2.75, 3.05) is 54.1 Å². The molecule has 0 aliphatic heterocycles. The van der Waals surface area contributed by atoms with Crippen molar-refractivity contribution in [3.63, 3.8) is 0 Å². The molecule has 0 rings (SSSR count). The van der Waals surface area contributed by atoms with E-state index in [1.54, 1.807) is 0 Å². The van der Waals surface area contributed by atoms with Crippen LogP contribution in [0.15, 0.2) is 158 Å². The summed E-state index contributed by atoms with van der Waals surface area (Å²) in [5.41, 5.74) is 0. The van der Waals surface area contributed by atoms with E-state index in [1.807, 2.05) is 21.1 Å². The van der Waals surface area contributed by atoms with Gasteiger partial charge in [-0.25, -0.2) is 4.57 Å². The second-order valence-electron chi connectivity index (χ2n) is 19.2. The van der Waals surface area contributed by atoms with Crippen LogP contribution in [0.1, 0.15) is 181 Å². The fourth-order valence-electron chi connectivity index (χ4n) is 6.83. The van der Waals surface area contributed by atoms with Crippen molar-refractivity contribution in [2.45, 2.75) is 187 Å². The number of hydrogen-bond acceptors (Lipinski definition) is 6. The summed E-state index contributed by atoms with van der Waals surface area (Å²) in [5, 5.41) is 0. The molecule has 1 N–H and O–H groups in total. The molecule has 73 heavy (non-hydrogen) atoms. The van der Waals surface area contributed by atoms with E-state index in [1.165, 1.54) is 12.8 Å². The third-order valence-corrected chi connectivity index (χ3v) is 12.1. The smallest absolute Gasteiger partial charge is 0.457 e. The van der Waals surface area contributed by atoms with Crippen molar-refractivity contribution < 1.29 is 37.3 Å². The van der Waals surface area contributed by atoms with Gasteiger partial charge >= 0.3 is 13.8 Å². The molecule has 0 aliphatic carbocycles. The lowest BCUT2D eigenvalue weighted by Crippen LogP contribution is -2.37. The molecule has 0 saturated heterocycles. The predicted molar refractivity (Wildman–Crippen MR) is 316 cm³/mol. The van der Waals surface area contributed by atoms with Gasteiger partial charge in [0.2, 0.25) is 0 Å². The minimum atomic E-state index is -4.31. The Hall–Kier alpha value is -3.88. The molecule has 0 heterocycles. The first-order valence-corrected chi connectivity index (χ1v) is 29.7. The maximum absolute atomic E-state index is 12.8. The van der Waals surface area contributed by atoms with Crippen molar-refractivity contribution in [2.24, 2.45) is 0 Å². The van der Waals surface area contributed by atoms with E-state index in [2.05, 4.69) is 172 Å². The number of allylic oxidation sites excluding steroid dienone is 26. The minimum absolute atomic E-state index is 0.0695. The zero-order chi connectivity index (χ0) is 53.3. The Morgan fingerprint density at radius 1 is 0.425 bits per heavy atom. The predicted octanol–water partition coefficient (Wildman–Crippen LogP) is 18.2. The van der Waals surface area contributed by atoms with Crippen molar-refractivity contribution in [3.05, 3.63) is 158 Å². The maximum Gasteiger partial charge on any atom is 0.472 e. The molecule has 9 heteroatoms. The van der Waals surface area contributed by atoms with Crippen LogP contribution in [-0.2, 0) is 27.9 Å². The highest BCUT2D eigenvalue weighted by Crippen LogP contribution is 2.43. The van der Waals surface area contributed by atoms with Crippen LogP contribution >= 0.6 is 7.82 Å². The number of unbranched alkanes of at least 4 members (excludes halogenated alkanes) is 10. The van der Waals surface area contributed by atoms with Crippen LogP contribution < -0.4 is 0 Å². The largest absolute Gasteiger partial charge is 0.472 e. The summed E-state index contributed by atoms with van der Waals surface area (Å²) in [7, 11) is 1.61. The van der Waals surface area contributed by atoms with Crippen LogP contribution in [0.4, 0.5) is 0 Å². The van der Waals surface area contributed by atoms with E-state index in [4.69, 9.17) is 18.5 Å². The van der Waals surface area contributed by atoms with Gasteiger partial charge < -0.3 is 18.9 Å². The van der Waals surface area contributed by atoms with Gasteiger partial charge in [0, 0.05) is 13.0 Å². The molecule has 0 radical (unpaired) electrons. The van der Waals surface area contributed by atoms with Gasteiger partial charge in [-0.15, -0.1) is 0 Å². The molecule has 8 nitrogen and oxygen atoms in total. The number of carbonyl (C=O) groups is 1. The molecule has 0 amide bonds. The van der Waals surface area contributed by atoms with Gasteiger partial charge in [0.15, 0.2) is 0 Å². The average Bonchev–Trinajstić information content (AvgIpc) is 3.35. The Labute approximate surface area is 448 Å². The first-order valence-electron chi connectivity index (χ1n) is 28.2. The van der Waals surface area contributed by atoms with E-state index in [0.717, 1.165) is 148 Å². The van der Waals surface area contributed by atoms with Crippen LogP contribution in [0, 0.1) is 0 Å². The number of ether oxygens (including phenoxy) is 2. The highest BCUT2D eigenvalue weighted by atomic mass is 31.2. The van der Waals surface area contributed by atoms with Crippen molar-refractivity contribution in [3.8, 4) is 0 Å². The summed E-state index contributed by atoms with van der Waals surface area (Å²) in [6.45, 7) is 5.27. The molecule has 0 aromatic rings. The van der Waals surface area contributed by atoms with Crippen molar-refractivity contribution >= 4 is 13.8 Å². The molecule has 2 unspecified atom stereocenters. The lowest BCUT2D eigenvalue weighted by molar-refractivity contribution is -0.870. The zero-order valence-electron chi connectivity index (χ0n) is 46.8. The zero-order valence-corrected chi connectivity index (χ0v) is 47.7. The molecule has 412 valence electrons. The van der Waals surface area contributed by atoms with Gasteiger partial charge in [0.1, 0.15) is 19.3 Å². The maximum atomic E-state index is 12.8. The monoisotopic (exact) mass is 1030 g/mol. The summed E-state index contributed by atoms with van der Waals surface area (Å²) in [5.74, 6) is -0.345. The Morgan fingerprint density at radius 2 is 0.753 bits per heavy atom. The van der Waals surface area contributed by atoms with Crippen molar-refractivity contribution in [1.29, 1.82) is 0 Å². The number of rotatable bonds is 50. The summed E-state index contributed by atoms with van der Waals surface area (Å²) < 4.78 is 35.2. The summed E-state index contributed by atoms with van der Waals surface area (Å²) in [6.07, 6.45) is 83.0. The van der Waals surface area contributed by atoms with E-state index < -0.39 is 13.9 Å². The Bertz CT molecular complexity index is 1720. The lowest BCUT2D eigenvalue weighted by atomic mass is 10.1. The van der Waals surface area contributed by atoms with Crippen LogP contribution in [0.2, 0.25) is 0 Å². The van der Waals surface area contributed by atoms with Gasteiger partial charge in [-0.3, -0.25) is 13.8 Å². The second-order valence-corrected chi connectivity index (χ2v) is 20.7. The normalized spacial score (nSPS) is 14.7. The van der Waals surface area contributed by atoms with Crippen LogP contribution in [0.25, 0.3) is 0 Å². The van der Waals surface area contributed by atoms with Crippen LogP contribution in [0.5, 0.6) is 0 Å². The van der Waals surface area contributed by atoms with Gasteiger partial charge in [-0.2, -0.15) is 0 Å². The quantitative estimate of drug-likeness (QED) is 0.0213. The summed E-state index contributed by atoms with van der Waals surface area (Å²) in [4.78, 5) is 23.1. The topological polar surface area (TPSA) is 91.3 Å². The van der Waals surface area contributed by atoms with Gasteiger partial charge in [0.25, 0.3) is 0 Å². The fraction of sp³-hybridized carbons (Fsp3) is 0.578. The number of likely N-dealkylation sites (N-methyl/N-ethyl adjacent to an activating group) is 1. The molecular weight excluding hydrogens is 926 g/mol. The SMILES string of the molecule is CC/C=C\C/C=C\C/C=C\C/C=C\C/C=C\C/C=C\C/C=C\CCCCCCOCC(COP(=O)(O)OCC[N+](C)(C)C)OC(=O)CCCCCCCC/C=C\C/C=C\C/C=C\C/C=C\C/C=C\C/C=C\CC. The number of hydrogen-bond donors (Lipinski definition) is 1. The van der Waals surface area contributed by atoms with Gasteiger partial charge in [-0.1, -0.05) is 210 Å². The van der Waals surface area contributed by atoms with E-state index >= 15 is 0 Å². The third-order valence-electron chi connectivity index (χ3n) is 11.1. The van der Waals surface area contributed by atoms with E-state index in [0.29, 0.717) is 24.1 Å². The molecule has 0 aliphatic rings. The molecule has 0 aromatic heterocycles. The first-order chi connectivity index (χ1) is 35.6. The Balaban J connectivity index is 4.26. The first kappa shape index (κ1) is 69.1. The number of esters is 1. The number of phosphoric ester groups is 1. The van der Waals surface area contributed by atoms with E-state index in [-0.39, 0.29) is 25.8 Å². The van der Waals surface area contributed by atoms with Gasteiger partial charge in [0.05, 0.1) is 34.4 Å². The van der Waals surface area contributed by atoms with Gasteiger partial charge in [-0.05, 0) is 122 Å². The molecule has 0 aromatic carbocycles. The van der Waals surface area contributed by atoms with Crippen LogP contribution in [0.3, 0.4) is 0 Å². The molecule has 0 bridgehead atoms. The number of phosphoric acid groups is 1. The average molecular weight is 1030 g/mol. The second kappa shape index (κ2) is 54.4. The molecule has 0 spiro atoms. The standard InChI is InChI=1S/C64H104NO7P/c1-6-8-10-12-14-16-18-20-22-24-26-28-30-32-34-36-38-40-42-44-46-48-50-52-54-56-59-69-61-63(62-71-73(67,68)70-60-58-65(3,4)5)72-64(66)57-55-53-51-49-47-45-43-41-39-37-35-33-31-29-27-25-23-21-19-17-15-13-11-9-7-2/h8-11,14-17,20-23,26-29,32-35,38-41,44,46,63H,6-7,12-13,18-19,24-25,30-31,36-37,42-43,45,47-62H2,1-5H3/p+1/b10-8-,11-9-,16-14-,17-15-,22-20-,23-21-,28-26-,29-27-,34-32-,35-33-,40-38-,41-39-,46-44-. The minimum Gasteiger partial charge on any atom is -0.457 e. The number of carbonyl (C=O) groups excluding carboxylic acids is 1. The highest BCUT2D eigenvalue weighted by Gasteiger charge is 2.26. The fourth-order valence-corrected chi connectivity index (χ4v) is 7.57.